The van der Waals surface area contributed by atoms with Crippen LogP contribution in [0.1, 0.15) is 18.1 Å². The van der Waals surface area contributed by atoms with Gasteiger partial charge < -0.3 is 10.1 Å². The zero-order valence-electron chi connectivity index (χ0n) is 11.0. The molecule has 0 aliphatic heterocycles. The largest absolute Gasteiger partial charge is 0.486 e. The van der Waals surface area contributed by atoms with Gasteiger partial charge in [0.2, 0.25) is 0 Å². The molecule has 19 heavy (non-hydrogen) atoms. The minimum Gasteiger partial charge on any atom is -0.486 e. The van der Waals surface area contributed by atoms with Gasteiger partial charge in [0.25, 0.3) is 0 Å². The number of rotatable bonds is 6. The highest BCUT2D eigenvalue weighted by molar-refractivity contribution is 5.25. The highest BCUT2D eigenvalue weighted by Crippen LogP contribution is 2.24. The Kier molecular flexibility index (Phi) is 4.93. The number of ether oxygens (including phenoxy) is 1. The zero-order chi connectivity index (χ0) is 13.5. The van der Waals surface area contributed by atoms with Crippen molar-refractivity contribution in [1.29, 1.82) is 0 Å². The van der Waals surface area contributed by atoms with Gasteiger partial charge in [-0.05, 0) is 43.4 Å². The number of hydrogen-bond acceptors (Lipinski definition) is 2. The SMILES string of the molecule is CNCC[C@H](Oc1ccc([18F])cc1)c1ccccc1. The summed E-state index contributed by atoms with van der Waals surface area (Å²) in [7, 11) is 1.92. The maximum Gasteiger partial charge on any atom is 0.125 e. The molecule has 0 aliphatic carbocycles. The molecule has 2 aromatic rings. The lowest BCUT2D eigenvalue weighted by molar-refractivity contribution is 0.195. The third-order valence-electron chi connectivity index (χ3n) is 2.92. The number of benzene rings is 2. The summed E-state index contributed by atoms with van der Waals surface area (Å²) in [5, 5.41) is 3.12. The van der Waals surface area contributed by atoms with Crippen LogP contribution in [-0.4, -0.2) is 13.6 Å². The second-order valence-electron chi connectivity index (χ2n) is 4.36. The average molecular weight is 258 g/mol. The van der Waals surface area contributed by atoms with Crippen molar-refractivity contribution in [2.75, 3.05) is 13.6 Å². The van der Waals surface area contributed by atoms with Crippen molar-refractivity contribution < 1.29 is 9.13 Å². The van der Waals surface area contributed by atoms with E-state index in [9.17, 15) is 4.39 Å². The molecule has 0 spiro atoms. The van der Waals surface area contributed by atoms with E-state index < -0.39 is 0 Å². The van der Waals surface area contributed by atoms with E-state index in [0.29, 0.717) is 5.75 Å². The molecule has 2 aromatic carbocycles. The van der Waals surface area contributed by atoms with Crippen LogP contribution >= 0.6 is 0 Å². The molecule has 0 bridgehead atoms. The summed E-state index contributed by atoms with van der Waals surface area (Å²) in [6, 6.07) is 16.2. The van der Waals surface area contributed by atoms with Crippen molar-refractivity contribution in [3.8, 4) is 5.75 Å². The van der Waals surface area contributed by atoms with E-state index in [-0.39, 0.29) is 11.9 Å². The maximum absolute atomic E-state index is 12.9. The Morgan fingerprint density at radius 1 is 1.05 bits per heavy atom. The molecule has 1 atom stereocenters. The van der Waals surface area contributed by atoms with Gasteiger partial charge in [0.05, 0.1) is 0 Å². The van der Waals surface area contributed by atoms with Crippen LogP contribution in [0.4, 0.5) is 4.39 Å². The summed E-state index contributed by atoms with van der Waals surface area (Å²) in [5.41, 5.74) is 1.13. The number of hydrogen-bond donors (Lipinski definition) is 1. The fourth-order valence-corrected chi connectivity index (χ4v) is 1.91. The van der Waals surface area contributed by atoms with Crippen LogP contribution in [0.2, 0.25) is 0 Å². The number of halogens is 1. The van der Waals surface area contributed by atoms with E-state index in [4.69, 9.17) is 4.74 Å². The minimum atomic E-state index is -0.251. The van der Waals surface area contributed by atoms with Gasteiger partial charge in [-0.3, -0.25) is 0 Å². The fraction of sp³-hybridized carbons (Fsp3) is 0.250. The van der Waals surface area contributed by atoms with E-state index in [1.165, 1.54) is 12.1 Å². The molecule has 0 unspecified atom stereocenters. The first-order valence-corrected chi connectivity index (χ1v) is 6.41. The van der Waals surface area contributed by atoms with Gasteiger partial charge in [0.15, 0.2) is 0 Å². The second-order valence-corrected chi connectivity index (χ2v) is 4.36. The van der Waals surface area contributed by atoms with E-state index in [1.54, 1.807) is 12.1 Å². The number of nitrogens with one attached hydrogen (secondary N) is 1. The van der Waals surface area contributed by atoms with Gasteiger partial charge in [-0.2, -0.15) is 0 Å². The first-order valence-electron chi connectivity index (χ1n) is 6.41. The Morgan fingerprint density at radius 2 is 1.74 bits per heavy atom. The van der Waals surface area contributed by atoms with Gasteiger partial charge in [-0.1, -0.05) is 30.3 Å². The smallest absolute Gasteiger partial charge is 0.125 e. The molecule has 0 amide bonds. The molecule has 2 rings (SSSR count). The van der Waals surface area contributed by atoms with Crippen molar-refractivity contribution in [2.24, 2.45) is 0 Å². The molecule has 0 saturated carbocycles. The topological polar surface area (TPSA) is 21.3 Å². The molecule has 0 aliphatic rings. The molecule has 0 saturated heterocycles. The highest BCUT2D eigenvalue weighted by atomic mass is 18.2. The summed E-state index contributed by atoms with van der Waals surface area (Å²) < 4.78 is 18.8. The van der Waals surface area contributed by atoms with Gasteiger partial charge in [0, 0.05) is 6.42 Å². The summed E-state index contributed by atoms with van der Waals surface area (Å²) in [5.74, 6) is 0.435. The predicted molar refractivity (Wildman–Crippen MR) is 74.8 cm³/mol. The van der Waals surface area contributed by atoms with E-state index in [1.807, 2.05) is 37.4 Å². The molecular weight excluding hydrogens is 240 g/mol. The van der Waals surface area contributed by atoms with Crippen molar-refractivity contribution in [3.05, 3.63) is 66.0 Å². The summed E-state index contributed by atoms with van der Waals surface area (Å²) >= 11 is 0. The molecule has 100 valence electrons. The molecule has 1 N–H and O–H groups in total. The van der Waals surface area contributed by atoms with Crippen molar-refractivity contribution in [3.63, 3.8) is 0 Å². The molecule has 0 heterocycles. The fourth-order valence-electron chi connectivity index (χ4n) is 1.91. The van der Waals surface area contributed by atoms with Crippen LogP contribution in [0.5, 0.6) is 5.75 Å². The average Bonchev–Trinajstić information content (AvgIpc) is 2.46. The lowest BCUT2D eigenvalue weighted by Crippen LogP contribution is -2.16. The Morgan fingerprint density at radius 3 is 2.37 bits per heavy atom. The second kappa shape index (κ2) is 6.90. The molecule has 2 nitrogen and oxygen atoms in total. The Hall–Kier alpha value is -1.87. The highest BCUT2D eigenvalue weighted by Gasteiger charge is 2.12. The minimum absolute atomic E-state index is 0.0286. The molecule has 3 heteroatoms. The van der Waals surface area contributed by atoms with Crippen molar-refractivity contribution >= 4 is 0 Å². The summed E-state index contributed by atoms with van der Waals surface area (Å²) in [6.07, 6.45) is 0.830. The maximum atomic E-state index is 12.9. The van der Waals surface area contributed by atoms with Gasteiger partial charge in [-0.25, -0.2) is 4.39 Å². The molecular formula is C16H18FNO. The molecule has 0 radical (unpaired) electrons. The van der Waals surface area contributed by atoms with Gasteiger partial charge >= 0.3 is 0 Å². The summed E-state index contributed by atoms with van der Waals surface area (Å²) in [4.78, 5) is 0. The van der Waals surface area contributed by atoms with Gasteiger partial charge in [-0.15, -0.1) is 0 Å². The van der Waals surface area contributed by atoms with Crippen molar-refractivity contribution in [2.45, 2.75) is 12.5 Å². The zero-order valence-corrected chi connectivity index (χ0v) is 11.0. The van der Waals surface area contributed by atoms with Crippen LogP contribution in [0.25, 0.3) is 0 Å². The Labute approximate surface area is 113 Å². The first kappa shape index (κ1) is 13.6. The Bertz CT molecular complexity index is 484. The van der Waals surface area contributed by atoms with E-state index >= 15 is 0 Å². The summed E-state index contributed by atoms with van der Waals surface area (Å²) in [6.45, 7) is 0.862. The first-order chi connectivity index (χ1) is 9.29. The lowest BCUT2D eigenvalue weighted by atomic mass is 10.1. The van der Waals surface area contributed by atoms with Crippen molar-refractivity contribution in [1.82, 2.24) is 5.32 Å². The normalized spacial score (nSPS) is 12.1. The van der Waals surface area contributed by atoms with Crippen LogP contribution in [0.3, 0.4) is 0 Å². The monoisotopic (exact) mass is 258 g/mol. The van der Waals surface area contributed by atoms with Crippen LogP contribution in [0, 0.1) is 5.82 Å². The van der Waals surface area contributed by atoms with Gasteiger partial charge in [0.1, 0.15) is 17.7 Å². The third-order valence-corrected chi connectivity index (χ3v) is 2.92. The Balaban J connectivity index is 2.11. The quantitative estimate of drug-likeness (QED) is 0.855. The van der Waals surface area contributed by atoms with Crippen LogP contribution < -0.4 is 10.1 Å². The standard InChI is InChI=1S/C16H18FNO/c1-18-12-11-16(13-5-3-2-4-6-13)19-15-9-7-14(17)8-10-15/h2-10,16,18H,11-12H2,1H3/t16-/m0/s1/i17-1. The van der Waals surface area contributed by atoms with Crippen LogP contribution in [0.15, 0.2) is 54.6 Å². The lowest BCUT2D eigenvalue weighted by Gasteiger charge is -2.19. The third kappa shape index (κ3) is 4.07. The molecule has 0 fully saturated rings. The molecule has 0 aromatic heterocycles. The van der Waals surface area contributed by atoms with Crippen LogP contribution in [-0.2, 0) is 0 Å². The predicted octanol–water partition coefficient (Wildman–Crippen LogP) is 3.56. The van der Waals surface area contributed by atoms with E-state index in [2.05, 4.69) is 5.32 Å². The van der Waals surface area contributed by atoms with E-state index in [0.717, 1.165) is 18.5 Å².